The van der Waals surface area contributed by atoms with Crippen molar-refractivity contribution < 1.29 is 39.8 Å². The standard InChI is InChI=1S/C61H99NO8/c1-3-5-7-9-11-13-14-15-16-17-18-19-20-21-22-23-24-25-26-27-28-29-30-31-32-33-34-35-36-37-38-39-40-41-42-43-45-47-49-51-57(65)62-54(55(64)50-48-46-44-12-10-8-6-4-2)53-69-61-60(68)59(67)58(66)56(52-63)70-61/h5,7,11,13,15-16,18-19,21-22,24-25,27-28,30-31,33-34,36-37,39-40,54-56,58-61,63-64,66-68H,3-4,6,8-10,12,14,17,20,23,26,29,32,35,38,41-53H2,1-2H3,(H,62,65)/b7-5-,13-11-,16-15-,19-18-,22-21-,25-24-,28-27-,31-30-,34-33-,37-36-,40-39-. The summed E-state index contributed by atoms with van der Waals surface area (Å²) in [4.78, 5) is 13.0. The number of nitrogens with one attached hydrogen (secondary N) is 1. The van der Waals surface area contributed by atoms with Crippen LogP contribution in [0.25, 0.3) is 0 Å². The van der Waals surface area contributed by atoms with Crippen LogP contribution in [0.5, 0.6) is 0 Å². The molecule has 1 rings (SSSR count). The van der Waals surface area contributed by atoms with Crippen LogP contribution in [0.1, 0.15) is 187 Å². The highest BCUT2D eigenvalue weighted by atomic mass is 16.7. The van der Waals surface area contributed by atoms with Gasteiger partial charge in [0.15, 0.2) is 6.29 Å². The van der Waals surface area contributed by atoms with E-state index in [0.717, 1.165) is 128 Å². The van der Waals surface area contributed by atoms with E-state index >= 15 is 0 Å². The van der Waals surface area contributed by atoms with Crippen LogP contribution in [0.3, 0.4) is 0 Å². The SMILES string of the molecule is CC/C=C\C/C=C\C/C=C\C/C=C\C/C=C\C/C=C\C/C=C\C/C=C\C/C=C\C/C=C\C/C=C\CCCCCCCC(=O)NC(COC1OC(CO)C(O)C(O)C1O)C(O)CCCCCCCCCC. The summed E-state index contributed by atoms with van der Waals surface area (Å²) in [5, 5.41) is 54.2. The van der Waals surface area contributed by atoms with E-state index in [9.17, 15) is 30.3 Å². The first-order valence-electron chi connectivity index (χ1n) is 27.4. The maximum absolute atomic E-state index is 13.0. The first-order valence-corrected chi connectivity index (χ1v) is 27.4. The van der Waals surface area contributed by atoms with Crippen LogP contribution in [-0.2, 0) is 14.3 Å². The number of aliphatic hydroxyl groups excluding tert-OH is 5. The number of hydrogen-bond donors (Lipinski definition) is 6. The lowest BCUT2D eigenvalue weighted by Gasteiger charge is -2.40. The van der Waals surface area contributed by atoms with E-state index in [1.165, 1.54) is 32.1 Å². The number of carbonyl (C=O) groups excluding carboxylic acids is 1. The molecule has 7 unspecified atom stereocenters. The molecule has 7 atom stereocenters. The average molecular weight is 974 g/mol. The molecule has 1 amide bonds. The van der Waals surface area contributed by atoms with Crippen molar-refractivity contribution in [3.63, 3.8) is 0 Å². The molecular weight excluding hydrogens is 875 g/mol. The number of unbranched alkanes of at least 4 members (excludes halogenated alkanes) is 12. The Kier molecular flexibility index (Phi) is 45.0. The normalized spacial score (nSPS) is 20.5. The molecule has 1 aliphatic rings. The van der Waals surface area contributed by atoms with Gasteiger partial charge in [0, 0.05) is 6.42 Å². The van der Waals surface area contributed by atoms with E-state index in [1.807, 2.05) is 0 Å². The van der Waals surface area contributed by atoms with Crippen LogP contribution in [0.2, 0.25) is 0 Å². The second-order valence-electron chi connectivity index (χ2n) is 18.3. The van der Waals surface area contributed by atoms with Gasteiger partial charge < -0.3 is 40.3 Å². The van der Waals surface area contributed by atoms with Gasteiger partial charge in [0.2, 0.25) is 5.91 Å². The highest BCUT2D eigenvalue weighted by Crippen LogP contribution is 2.23. The van der Waals surface area contributed by atoms with Gasteiger partial charge in [0.05, 0.1) is 25.4 Å². The van der Waals surface area contributed by atoms with Gasteiger partial charge in [-0.3, -0.25) is 4.79 Å². The molecule has 9 nitrogen and oxygen atoms in total. The molecule has 0 aromatic carbocycles. The first kappa shape index (κ1) is 64.3. The Bertz CT molecular complexity index is 1550. The fraction of sp³-hybridized carbons (Fsp3) is 0.623. The minimum Gasteiger partial charge on any atom is -0.394 e. The molecule has 0 aromatic rings. The van der Waals surface area contributed by atoms with E-state index in [-0.39, 0.29) is 12.5 Å². The van der Waals surface area contributed by atoms with Crippen molar-refractivity contribution in [3.05, 3.63) is 134 Å². The van der Waals surface area contributed by atoms with Crippen molar-refractivity contribution in [2.24, 2.45) is 0 Å². The summed E-state index contributed by atoms with van der Waals surface area (Å²) < 4.78 is 11.2. The predicted molar refractivity (Wildman–Crippen MR) is 294 cm³/mol. The fourth-order valence-electron chi connectivity index (χ4n) is 7.69. The Labute approximate surface area is 426 Å². The molecule has 9 heteroatoms. The minimum atomic E-state index is -1.56. The van der Waals surface area contributed by atoms with E-state index in [4.69, 9.17) is 9.47 Å². The number of allylic oxidation sites excluding steroid dienone is 22. The molecule has 6 N–H and O–H groups in total. The predicted octanol–water partition coefficient (Wildman–Crippen LogP) is 13.3. The zero-order valence-corrected chi connectivity index (χ0v) is 43.7. The van der Waals surface area contributed by atoms with Crippen LogP contribution in [0, 0.1) is 0 Å². The molecule has 0 aromatic heterocycles. The number of hydrogen-bond acceptors (Lipinski definition) is 8. The van der Waals surface area contributed by atoms with Gasteiger partial charge in [-0.15, -0.1) is 0 Å². The van der Waals surface area contributed by atoms with Crippen LogP contribution >= 0.6 is 0 Å². The lowest BCUT2D eigenvalue weighted by Crippen LogP contribution is -2.60. The fourth-order valence-corrected chi connectivity index (χ4v) is 7.69. The van der Waals surface area contributed by atoms with Gasteiger partial charge in [-0.25, -0.2) is 0 Å². The molecule has 1 aliphatic heterocycles. The van der Waals surface area contributed by atoms with Gasteiger partial charge in [-0.2, -0.15) is 0 Å². The third kappa shape index (κ3) is 38.1. The number of ether oxygens (including phenoxy) is 2. The topological polar surface area (TPSA) is 149 Å². The van der Waals surface area contributed by atoms with Gasteiger partial charge in [0.25, 0.3) is 0 Å². The Balaban J connectivity index is 2.14. The molecule has 1 heterocycles. The van der Waals surface area contributed by atoms with Gasteiger partial charge in [0.1, 0.15) is 24.4 Å². The summed E-state index contributed by atoms with van der Waals surface area (Å²) in [6, 6.07) is -0.736. The quantitative estimate of drug-likeness (QED) is 0.0261. The third-order valence-electron chi connectivity index (χ3n) is 12.0. The number of amides is 1. The van der Waals surface area contributed by atoms with Crippen molar-refractivity contribution in [3.8, 4) is 0 Å². The van der Waals surface area contributed by atoms with Gasteiger partial charge in [-0.1, -0.05) is 218 Å². The molecule has 1 saturated heterocycles. The molecule has 0 aliphatic carbocycles. The maximum Gasteiger partial charge on any atom is 0.220 e. The lowest BCUT2D eigenvalue weighted by atomic mass is 9.99. The Morgan fingerprint density at radius 3 is 1.31 bits per heavy atom. The second kappa shape index (κ2) is 48.9. The largest absolute Gasteiger partial charge is 0.394 e. The van der Waals surface area contributed by atoms with Crippen LogP contribution in [-0.4, -0.2) is 87.5 Å². The van der Waals surface area contributed by atoms with E-state index in [1.54, 1.807) is 0 Å². The van der Waals surface area contributed by atoms with Gasteiger partial charge >= 0.3 is 0 Å². The number of carbonyl (C=O) groups is 1. The van der Waals surface area contributed by atoms with Crippen molar-refractivity contribution in [2.45, 2.75) is 230 Å². The molecule has 0 bridgehead atoms. The van der Waals surface area contributed by atoms with Crippen molar-refractivity contribution in [2.75, 3.05) is 13.2 Å². The molecule has 0 radical (unpaired) electrons. The minimum absolute atomic E-state index is 0.155. The highest BCUT2D eigenvalue weighted by molar-refractivity contribution is 5.76. The zero-order chi connectivity index (χ0) is 50.8. The lowest BCUT2D eigenvalue weighted by molar-refractivity contribution is -0.302. The molecular formula is C61H99NO8. The summed E-state index contributed by atoms with van der Waals surface area (Å²) >= 11 is 0. The number of rotatable bonds is 44. The van der Waals surface area contributed by atoms with E-state index < -0.39 is 49.5 Å². The monoisotopic (exact) mass is 974 g/mol. The first-order chi connectivity index (χ1) is 34.3. The van der Waals surface area contributed by atoms with Crippen LogP contribution in [0.4, 0.5) is 0 Å². The second-order valence-corrected chi connectivity index (χ2v) is 18.3. The molecule has 1 fully saturated rings. The molecule has 70 heavy (non-hydrogen) atoms. The average Bonchev–Trinajstić information content (AvgIpc) is 3.36. The van der Waals surface area contributed by atoms with Crippen molar-refractivity contribution in [1.29, 1.82) is 0 Å². The summed E-state index contributed by atoms with van der Waals surface area (Å²) in [5.41, 5.74) is 0. The molecule has 396 valence electrons. The van der Waals surface area contributed by atoms with E-state index in [0.29, 0.717) is 12.8 Å². The summed E-state index contributed by atoms with van der Waals surface area (Å²) in [6.45, 7) is 3.64. The van der Waals surface area contributed by atoms with Crippen molar-refractivity contribution in [1.82, 2.24) is 5.32 Å². The Morgan fingerprint density at radius 1 is 0.500 bits per heavy atom. The highest BCUT2D eigenvalue weighted by Gasteiger charge is 2.44. The third-order valence-corrected chi connectivity index (χ3v) is 12.0. The Morgan fingerprint density at radius 2 is 0.886 bits per heavy atom. The van der Waals surface area contributed by atoms with E-state index in [2.05, 4.69) is 153 Å². The molecule has 0 spiro atoms. The summed E-state index contributed by atoms with van der Waals surface area (Å²) in [6.07, 6.45) is 67.9. The Hall–Kier alpha value is -3.67. The van der Waals surface area contributed by atoms with Crippen LogP contribution in [0.15, 0.2) is 134 Å². The summed E-state index contributed by atoms with van der Waals surface area (Å²) in [5.74, 6) is -0.173. The van der Waals surface area contributed by atoms with Gasteiger partial charge in [-0.05, 0) is 96.3 Å². The van der Waals surface area contributed by atoms with Crippen molar-refractivity contribution >= 4 is 5.91 Å². The van der Waals surface area contributed by atoms with Crippen LogP contribution < -0.4 is 5.32 Å². The zero-order valence-electron chi connectivity index (χ0n) is 43.7. The molecule has 0 saturated carbocycles. The number of aliphatic hydroxyl groups is 5. The summed E-state index contributed by atoms with van der Waals surface area (Å²) in [7, 11) is 0. The maximum atomic E-state index is 13.0. The smallest absolute Gasteiger partial charge is 0.220 e.